The van der Waals surface area contributed by atoms with E-state index in [1.807, 2.05) is 34.6 Å². The quantitative estimate of drug-likeness (QED) is 0.864. The summed E-state index contributed by atoms with van der Waals surface area (Å²) in [5, 5.41) is 0.590. The highest BCUT2D eigenvalue weighted by Gasteiger charge is 2.52. The molecular weight excluding hydrogens is 308 g/mol. The summed E-state index contributed by atoms with van der Waals surface area (Å²) in [7, 11) is -1.67. The molecule has 1 heterocycles. The van der Waals surface area contributed by atoms with Gasteiger partial charge in [0.1, 0.15) is 11.0 Å². The average Bonchev–Trinajstić information content (AvgIpc) is 2.60. The predicted octanol–water partition coefficient (Wildman–Crippen LogP) is 2.73. The molecule has 116 valence electrons. The summed E-state index contributed by atoms with van der Waals surface area (Å²) in [5.41, 5.74) is 0.628. The minimum Gasteiger partial charge on any atom is -0.399 e. The Morgan fingerprint density at radius 1 is 1.24 bits per heavy atom. The summed E-state index contributed by atoms with van der Waals surface area (Å²) in [6, 6.07) is 5.35. The van der Waals surface area contributed by atoms with Crippen LogP contribution in [0.4, 0.5) is 5.69 Å². The second-order valence-corrected chi connectivity index (χ2v) is 7.97. The highest BCUT2D eigenvalue weighted by molar-refractivity contribution is 7.86. The Morgan fingerprint density at radius 2 is 1.81 bits per heavy atom. The van der Waals surface area contributed by atoms with Gasteiger partial charge < -0.3 is 14.0 Å². The molecular formula is C14H21BClNO3S. The Balaban J connectivity index is 2.35. The highest BCUT2D eigenvalue weighted by Crippen LogP contribution is 2.37. The van der Waals surface area contributed by atoms with Crippen LogP contribution in [-0.2, 0) is 20.3 Å². The highest BCUT2D eigenvalue weighted by atomic mass is 35.5. The van der Waals surface area contributed by atoms with Gasteiger partial charge in [0.2, 0.25) is 0 Å². The summed E-state index contributed by atoms with van der Waals surface area (Å²) in [5.74, 6) is 0.519. The van der Waals surface area contributed by atoms with Gasteiger partial charge >= 0.3 is 7.12 Å². The maximum atomic E-state index is 11.8. The normalized spacial score (nSPS) is 21.3. The maximum absolute atomic E-state index is 11.8. The van der Waals surface area contributed by atoms with Crippen molar-refractivity contribution in [3.8, 4) is 0 Å². The first-order chi connectivity index (χ1) is 9.66. The zero-order chi connectivity index (χ0) is 15.8. The fourth-order valence-corrected chi connectivity index (χ4v) is 2.74. The maximum Gasteiger partial charge on any atom is 0.497 e. The van der Waals surface area contributed by atoms with Gasteiger partial charge in [-0.1, -0.05) is 18.5 Å². The van der Waals surface area contributed by atoms with Crippen LogP contribution < -0.4 is 10.2 Å². The van der Waals surface area contributed by atoms with Gasteiger partial charge in [0, 0.05) is 21.9 Å². The van der Waals surface area contributed by atoms with Crippen molar-refractivity contribution in [2.45, 2.75) is 45.8 Å². The predicted molar refractivity (Wildman–Crippen MR) is 89.5 cm³/mol. The van der Waals surface area contributed by atoms with E-state index in [-0.39, 0.29) is 0 Å². The molecule has 21 heavy (non-hydrogen) atoms. The zero-order valence-corrected chi connectivity index (χ0v) is 14.6. The summed E-state index contributed by atoms with van der Waals surface area (Å²) in [6.45, 7) is 9.83. The van der Waals surface area contributed by atoms with E-state index in [4.69, 9.17) is 20.9 Å². The average molecular weight is 330 g/mol. The molecule has 1 unspecified atom stereocenters. The lowest BCUT2D eigenvalue weighted by Gasteiger charge is -2.32. The molecule has 1 saturated heterocycles. The third kappa shape index (κ3) is 3.45. The number of halogens is 1. The van der Waals surface area contributed by atoms with Gasteiger partial charge in [-0.15, -0.1) is 0 Å². The van der Waals surface area contributed by atoms with Crippen LogP contribution in [0.25, 0.3) is 0 Å². The van der Waals surface area contributed by atoms with E-state index in [1.165, 1.54) is 0 Å². The molecule has 7 heteroatoms. The molecule has 1 aromatic carbocycles. The number of nitrogens with one attached hydrogen (secondary N) is 1. The van der Waals surface area contributed by atoms with Crippen molar-refractivity contribution in [2.24, 2.45) is 0 Å². The molecule has 1 fully saturated rings. The molecule has 0 spiro atoms. The van der Waals surface area contributed by atoms with Gasteiger partial charge in [0.05, 0.1) is 11.2 Å². The lowest BCUT2D eigenvalue weighted by atomic mass is 9.78. The van der Waals surface area contributed by atoms with Crippen LogP contribution in [0.3, 0.4) is 0 Å². The Hall–Kier alpha value is -0.555. The Kier molecular flexibility index (Phi) is 4.73. The molecule has 1 aromatic rings. The molecule has 0 bridgehead atoms. The van der Waals surface area contributed by atoms with Crippen molar-refractivity contribution in [3.05, 3.63) is 23.2 Å². The molecule has 1 aliphatic heterocycles. The van der Waals surface area contributed by atoms with Crippen molar-refractivity contribution < 1.29 is 13.5 Å². The lowest BCUT2D eigenvalue weighted by molar-refractivity contribution is 0.00578. The van der Waals surface area contributed by atoms with Crippen LogP contribution in [0.15, 0.2) is 18.2 Å². The van der Waals surface area contributed by atoms with Gasteiger partial charge in [0.15, 0.2) is 0 Å². The molecule has 1 aliphatic rings. The first-order valence-corrected chi connectivity index (χ1v) is 8.66. The third-order valence-electron chi connectivity index (χ3n) is 4.01. The molecule has 2 rings (SSSR count). The molecule has 4 nitrogen and oxygen atoms in total. The van der Waals surface area contributed by atoms with Gasteiger partial charge in [-0.3, -0.25) is 0 Å². The molecule has 0 saturated carbocycles. The van der Waals surface area contributed by atoms with E-state index in [0.717, 1.165) is 11.2 Å². The zero-order valence-electron chi connectivity index (χ0n) is 13.0. The minimum atomic E-state index is -1.14. The SMILES string of the molecule is CCS(=O)Nc1ccc(Cl)cc1B1OC(C)(C)C(C)(C)O1. The molecule has 0 radical (unpaired) electrons. The van der Waals surface area contributed by atoms with Gasteiger partial charge in [-0.25, -0.2) is 4.21 Å². The number of anilines is 1. The Labute approximate surface area is 134 Å². The van der Waals surface area contributed by atoms with E-state index >= 15 is 0 Å². The monoisotopic (exact) mass is 329 g/mol. The van der Waals surface area contributed by atoms with Crippen molar-refractivity contribution in [3.63, 3.8) is 0 Å². The lowest BCUT2D eigenvalue weighted by Crippen LogP contribution is -2.41. The van der Waals surface area contributed by atoms with Gasteiger partial charge in [-0.05, 0) is 45.9 Å². The van der Waals surface area contributed by atoms with Crippen LogP contribution in [0.1, 0.15) is 34.6 Å². The van der Waals surface area contributed by atoms with E-state index in [0.29, 0.717) is 10.8 Å². The van der Waals surface area contributed by atoms with Crippen LogP contribution in [-0.4, -0.2) is 28.3 Å². The van der Waals surface area contributed by atoms with E-state index in [9.17, 15) is 4.21 Å². The summed E-state index contributed by atoms with van der Waals surface area (Å²) < 4.78 is 26.8. The van der Waals surface area contributed by atoms with E-state index in [2.05, 4.69) is 4.72 Å². The van der Waals surface area contributed by atoms with Crippen molar-refractivity contribution in [1.29, 1.82) is 0 Å². The summed E-state index contributed by atoms with van der Waals surface area (Å²) in [4.78, 5) is 0. The number of hydrogen-bond acceptors (Lipinski definition) is 3. The molecule has 1 atom stereocenters. The Morgan fingerprint density at radius 3 is 2.33 bits per heavy atom. The van der Waals surface area contributed by atoms with E-state index in [1.54, 1.807) is 18.2 Å². The van der Waals surface area contributed by atoms with Crippen molar-refractivity contribution in [2.75, 3.05) is 10.5 Å². The van der Waals surface area contributed by atoms with Gasteiger partial charge in [0.25, 0.3) is 0 Å². The first-order valence-electron chi connectivity index (χ1n) is 6.96. The van der Waals surface area contributed by atoms with Crippen LogP contribution in [0.2, 0.25) is 5.02 Å². The van der Waals surface area contributed by atoms with Crippen molar-refractivity contribution >= 4 is 40.9 Å². The second kappa shape index (κ2) is 5.91. The molecule has 0 amide bonds. The van der Waals surface area contributed by atoms with Gasteiger partial charge in [-0.2, -0.15) is 0 Å². The van der Waals surface area contributed by atoms with Crippen LogP contribution >= 0.6 is 11.6 Å². The fraction of sp³-hybridized carbons (Fsp3) is 0.571. The van der Waals surface area contributed by atoms with Crippen LogP contribution in [0.5, 0.6) is 0 Å². The Bertz CT molecular complexity index is 549. The summed E-state index contributed by atoms with van der Waals surface area (Å²) in [6.07, 6.45) is 0. The number of hydrogen-bond donors (Lipinski definition) is 1. The molecule has 0 aliphatic carbocycles. The minimum absolute atomic E-state index is 0.429. The second-order valence-electron chi connectivity index (χ2n) is 6.06. The number of benzene rings is 1. The molecule has 1 N–H and O–H groups in total. The fourth-order valence-electron chi connectivity index (χ4n) is 1.99. The van der Waals surface area contributed by atoms with Crippen molar-refractivity contribution in [1.82, 2.24) is 0 Å². The van der Waals surface area contributed by atoms with E-state index < -0.39 is 29.3 Å². The summed E-state index contributed by atoms with van der Waals surface area (Å²) >= 11 is 6.09. The standard InChI is InChI=1S/C14H21BClNO3S/c1-6-21(18)17-12-8-7-10(16)9-11(12)15-19-13(2,3)14(4,5)20-15/h7-9,17H,6H2,1-5H3. The largest absolute Gasteiger partial charge is 0.497 e. The number of rotatable bonds is 4. The molecule has 0 aromatic heterocycles. The third-order valence-corrected chi connectivity index (χ3v) is 5.21. The first kappa shape index (κ1) is 16.8. The topological polar surface area (TPSA) is 47.6 Å². The van der Waals surface area contributed by atoms with Crippen LogP contribution in [0, 0.1) is 0 Å². The smallest absolute Gasteiger partial charge is 0.399 e.